The molecule has 116 valence electrons. The predicted molar refractivity (Wildman–Crippen MR) is 78.6 cm³/mol. The van der Waals surface area contributed by atoms with Gasteiger partial charge in [0.25, 0.3) is 0 Å². The molecule has 22 heavy (non-hydrogen) atoms. The van der Waals surface area contributed by atoms with E-state index in [1.807, 2.05) is 6.07 Å². The van der Waals surface area contributed by atoms with Gasteiger partial charge in [-0.25, -0.2) is 4.79 Å². The zero-order valence-corrected chi connectivity index (χ0v) is 12.5. The Morgan fingerprint density at radius 2 is 1.91 bits per heavy atom. The van der Waals surface area contributed by atoms with Gasteiger partial charge in [0.2, 0.25) is 0 Å². The molecule has 0 fully saturated rings. The normalized spacial score (nSPS) is 13.5. The Kier molecular flexibility index (Phi) is 3.75. The van der Waals surface area contributed by atoms with Crippen LogP contribution in [0.4, 0.5) is 0 Å². The summed E-state index contributed by atoms with van der Waals surface area (Å²) in [6.07, 6.45) is 4.07. The summed E-state index contributed by atoms with van der Waals surface area (Å²) in [5.41, 5.74) is 2.80. The van der Waals surface area contributed by atoms with Gasteiger partial charge in [-0.15, -0.1) is 0 Å². The van der Waals surface area contributed by atoms with Crippen LogP contribution in [-0.2, 0) is 12.8 Å². The van der Waals surface area contributed by atoms with Crippen molar-refractivity contribution in [1.82, 2.24) is 5.16 Å². The van der Waals surface area contributed by atoms with E-state index in [9.17, 15) is 4.79 Å². The molecule has 1 aliphatic carbocycles. The maximum Gasteiger partial charge on any atom is 0.358 e. The number of aromatic nitrogens is 1. The lowest BCUT2D eigenvalue weighted by Crippen LogP contribution is -2.08. The Labute approximate surface area is 127 Å². The molecule has 0 amide bonds. The third kappa shape index (κ3) is 2.30. The molecule has 0 atom stereocenters. The highest BCUT2D eigenvalue weighted by Gasteiger charge is 2.25. The lowest BCUT2D eigenvalue weighted by atomic mass is 9.88. The maximum atomic E-state index is 11.0. The second-order valence-corrected chi connectivity index (χ2v) is 5.21. The van der Waals surface area contributed by atoms with E-state index in [1.165, 1.54) is 6.07 Å². The Balaban J connectivity index is 2.19. The van der Waals surface area contributed by atoms with Crippen molar-refractivity contribution < 1.29 is 23.9 Å². The van der Waals surface area contributed by atoms with Crippen molar-refractivity contribution in [3.63, 3.8) is 0 Å². The monoisotopic (exact) mass is 303 g/mol. The Bertz CT molecular complexity index is 720. The third-order valence-electron chi connectivity index (χ3n) is 3.98. The molecule has 0 saturated heterocycles. The molecule has 1 heterocycles. The lowest BCUT2D eigenvalue weighted by Gasteiger charge is -2.23. The van der Waals surface area contributed by atoms with Crippen LogP contribution in [-0.4, -0.2) is 30.5 Å². The van der Waals surface area contributed by atoms with Crippen molar-refractivity contribution in [3.05, 3.63) is 29.0 Å². The molecular weight excluding hydrogens is 286 g/mol. The summed E-state index contributed by atoms with van der Waals surface area (Å²) in [6.45, 7) is 0. The van der Waals surface area contributed by atoms with Gasteiger partial charge in [-0.05, 0) is 31.7 Å². The summed E-state index contributed by atoms with van der Waals surface area (Å²) in [4.78, 5) is 11.0. The highest BCUT2D eigenvalue weighted by atomic mass is 16.5. The largest absolute Gasteiger partial charge is 0.496 e. The molecule has 0 aliphatic heterocycles. The van der Waals surface area contributed by atoms with E-state index >= 15 is 0 Å². The number of carboxylic acids is 1. The molecule has 6 nitrogen and oxygen atoms in total. The first-order valence-electron chi connectivity index (χ1n) is 7.12. The van der Waals surface area contributed by atoms with E-state index < -0.39 is 5.97 Å². The average Bonchev–Trinajstić information content (AvgIpc) is 3.03. The number of carboxylic acid groups (broad SMARTS) is 1. The Hall–Kier alpha value is -2.50. The zero-order valence-electron chi connectivity index (χ0n) is 12.5. The standard InChI is InChI=1S/C16H17NO5/c1-20-13-7-11(14-8-12(16(18)19)17-22-14)15(21-2)10-6-4-3-5-9(10)13/h7-8H,3-6H2,1-2H3,(H,18,19). The highest BCUT2D eigenvalue weighted by molar-refractivity contribution is 5.87. The number of ether oxygens (including phenoxy) is 2. The first kappa shape index (κ1) is 14.4. The van der Waals surface area contributed by atoms with E-state index in [0.717, 1.165) is 42.6 Å². The van der Waals surface area contributed by atoms with Crippen LogP contribution in [0.3, 0.4) is 0 Å². The van der Waals surface area contributed by atoms with Crippen molar-refractivity contribution in [3.8, 4) is 22.8 Å². The number of methoxy groups -OCH3 is 2. The summed E-state index contributed by atoms with van der Waals surface area (Å²) in [5.74, 6) is 0.724. The fourth-order valence-corrected chi connectivity index (χ4v) is 2.98. The smallest absolute Gasteiger partial charge is 0.358 e. The van der Waals surface area contributed by atoms with Gasteiger partial charge in [-0.1, -0.05) is 5.16 Å². The first-order chi connectivity index (χ1) is 10.7. The summed E-state index contributed by atoms with van der Waals surface area (Å²) in [5, 5.41) is 12.6. The van der Waals surface area contributed by atoms with Crippen LogP contribution in [0.15, 0.2) is 16.7 Å². The molecule has 0 saturated carbocycles. The SMILES string of the molecule is COc1cc(-c2cc(C(=O)O)no2)c(OC)c2c1CCCC2. The fraction of sp³-hybridized carbons (Fsp3) is 0.375. The molecule has 6 heteroatoms. The van der Waals surface area contributed by atoms with Gasteiger partial charge < -0.3 is 19.1 Å². The minimum absolute atomic E-state index is 0.131. The molecule has 0 bridgehead atoms. The molecule has 1 aromatic carbocycles. The van der Waals surface area contributed by atoms with Gasteiger partial charge >= 0.3 is 5.97 Å². The molecule has 1 N–H and O–H groups in total. The quantitative estimate of drug-likeness (QED) is 0.935. The van der Waals surface area contributed by atoms with E-state index in [4.69, 9.17) is 19.1 Å². The van der Waals surface area contributed by atoms with E-state index in [1.54, 1.807) is 14.2 Å². The number of hydrogen-bond acceptors (Lipinski definition) is 5. The fourth-order valence-electron chi connectivity index (χ4n) is 2.98. The molecule has 0 radical (unpaired) electrons. The van der Waals surface area contributed by atoms with Gasteiger partial charge in [0.1, 0.15) is 11.5 Å². The van der Waals surface area contributed by atoms with Gasteiger partial charge in [0.15, 0.2) is 11.5 Å². The third-order valence-corrected chi connectivity index (χ3v) is 3.98. The summed E-state index contributed by atoms with van der Waals surface area (Å²) < 4.78 is 16.2. The van der Waals surface area contributed by atoms with Crippen LogP contribution in [0.2, 0.25) is 0 Å². The molecule has 0 unspecified atom stereocenters. The van der Waals surface area contributed by atoms with Crippen molar-refractivity contribution >= 4 is 5.97 Å². The van der Waals surface area contributed by atoms with Crippen LogP contribution < -0.4 is 9.47 Å². The molecule has 0 spiro atoms. The Morgan fingerprint density at radius 1 is 1.18 bits per heavy atom. The van der Waals surface area contributed by atoms with Gasteiger partial charge in [0, 0.05) is 17.2 Å². The van der Waals surface area contributed by atoms with Crippen LogP contribution >= 0.6 is 0 Å². The van der Waals surface area contributed by atoms with Crippen molar-refractivity contribution in [1.29, 1.82) is 0 Å². The first-order valence-corrected chi connectivity index (χ1v) is 7.12. The minimum atomic E-state index is -1.13. The van der Waals surface area contributed by atoms with Crippen molar-refractivity contribution in [2.24, 2.45) is 0 Å². The van der Waals surface area contributed by atoms with Crippen molar-refractivity contribution in [2.45, 2.75) is 25.7 Å². The van der Waals surface area contributed by atoms with Gasteiger partial charge in [-0.3, -0.25) is 0 Å². The van der Waals surface area contributed by atoms with Gasteiger partial charge in [-0.2, -0.15) is 0 Å². The maximum absolute atomic E-state index is 11.0. The zero-order chi connectivity index (χ0) is 15.7. The van der Waals surface area contributed by atoms with Crippen LogP contribution in [0.1, 0.15) is 34.5 Å². The number of nitrogens with zero attached hydrogens (tertiary/aromatic N) is 1. The van der Waals surface area contributed by atoms with Crippen LogP contribution in [0.5, 0.6) is 11.5 Å². The van der Waals surface area contributed by atoms with E-state index in [2.05, 4.69) is 5.16 Å². The number of hydrogen-bond donors (Lipinski definition) is 1. The predicted octanol–water partition coefficient (Wildman–Crippen LogP) is 2.94. The Morgan fingerprint density at radius 3 is 2.50 bits per heavy atom. The molecule has 1 aliphatic rings. The lowest BCUT2D eigenvalue weighted by molar-refractivity contribution is 0.0686. The molecule has 1 aromatic heterocycles. The second kappa shape index (κ2) is 5.71. The summed E-state index contributed by atoms with van der Waals surface area (Å²) in [7, 11) is 3.23. The summed E-state index contributed by atoms with van der Waals surface area (Å²) in [6, 6.07) is 3.23. The van der Waals surface area contributed by atoms with E-state index in [0.29, 0.717) is 17.1 Å². The number of carbonyl (C=O) groups is 1. The molecule has 2 aromatic rings. The van der Waals surface area contributed by atoms with Gasteiger partial charge in [0.05, 0.1) is 19.8 Å². The molecular formula is C16H17NO5. The minimum Gasteiger partial charge on any atom is -0.496 e. The van der Waals surface area contributed by atoms with Crippen LogP contribution in [0, 0.1) is 0 Å². The number of aromatic carboxylic acids is 1. The number of fused-ring (bicyclic) bond motifs is 1. The number of rotatable bonds is 4. The van der Waals surface area contributed by atoms with Crippen molar-refractivity contribution in [2.75, 3.05) is 14.2 Å². The van der Waals surface area contributed by atoms with Crippen LogP contribution in [0.25, 0.3) is 11.3 Å². The van der Waals surface area contributed by atoms with E-state index in [-0.39, 0.29) is 5.69 Å². The number of benzene rings is 1. The average molecular weight is 303 g/mol. The molecule has 3 rings (SSSR count). The topological polar surface area (TPSA) is 81.8 Å². The second-order valence-electron chi connectivity index (χ2n) is 5.21. The highest BCUT2D eigenvalue weighted by Crippen LogP contribution is 2.43. The summed E-state index contributed by atoms with van der Waals surface area (Å²) >= 11 is 0.